The molecule has 0 aliphatic heterocycles. The number of carbonyl (C=O) groups is 3. The third-order valence-corrected chi connectivity index (χ3v) is 6.49. The van der Waals surface area contributed by atoms with E-state index in [2.05, 4.69) is 17.6 Å². The van der Waals surface area contributed by atoms with Gasteiger partial charge in [-0.2, -0.15) is 0 Å². The largest absolute Gasteiger partial charge is 0.444 e. The molecule has 0 radical (unpaired) electrons. The number of amides is 3. The third-order valence-electron chi connectivity index (χ3n) is 6.49. The molecule has 3 atom stereocenters. The topological polar surface area (TPSA) is 87.7 Å². The second kappa shape index (κ2) is 15.0. The maximum Gasteiger partial charge on any atom is 0.408 e. The third kappa shape index (κ3) is 10.4. The van der Waals surface area contributed by atoms with Gasteiger partial charge in [-0.25, -0.2) is 4.79 Å². The van der Waals surface area contributed by atoms with Gasteiger partial charge in [-0.15, -0.1) is 0 Å². The quantitative estimate of drug-likeness (QED) is 0.304. The Balaban J connectivity index is 3.60. The van der Waals surface area contributed by atoms with Gasteiger partial charge in [0, 0.05) is 12.6 Å². The number of benzene rings is 1. The fourth-order valence-electron chi connectivity index (χ4n) is 4.42. The van der Waals surface area contributed by atoms with Crippen molar-refractivity contribution in [2.75, 3.05) is 6.54 Å². The van der Waals surface area contributed by atoms with E-state index in [9.17, 15) is 14.4 Å². The van der Waals surface area contributed by atoms with Gasteiger partial charge in [0.05, 0.1) is 0 Å². The Kier molecular flexibility index (Phi) is 13.2. The average molecular weight is 518 g/mol. The minimum atomic E-state index is -0.815. The lowest BCUT2D eigenvalue weighted by molar-refractivity contribution is -0.143. The first-order valence-electron chi connectivity index (χ1n) is 13.9. The molecule has 0 aliphatic carbocycles. The first-order valence-corrected chi connectivity index (χ1v) is 13.9. The second-order valence-electron chi connectivity index (χ2n) is 11.5. The molecule has 0 heterocycles. The van der Waals surface area contributed by atoms with Gasteiger partial charge in [0.1, 0.15) is 17.7 Å². The molecule has 3 unspecified atom stereocenters. The first-order chi connectivity index (χ1) is 17.2. The van der Waals surface area contributed by atoms with Crippen LogP contribution in [0, 0.1) is 19.8 Å². The monoisotopic (exact) mass is 517 g/mol. The van der Waals surface area contributed by atoms with Crippen molar-refractivity contribution in [3.63, 3.8) is 0 Å². The summed E-state index contributed by atoms with van der Waals surface area (Å²) in [5.74, 6) is -0.621. The summed E-state index contributed by atoms with van der Waals surface area (Å²) in [5, 5.41) is 5.88. The van der Waals surface area contributed by atoms with E-state index in [1.807, 2.05) is 59.7 Å². The number of carbonyl (C=O) groups excluding carboxylic acids is 3. The van der Waals surface area contributed by atoms with Crippen LogP contribution in [0.1, 0.15) is 110 Å². The molecule has 3 amide bonds. The van der Waals surface area contributed by atoms with Gasteiger partial charge in [-0.3, -0.25) is 9.59 Å². The fraction of sp³-hybridized carbons (Fsp3) is 0.700. The Morgan fingerprint density at radius 2 is 1.54 bits per heavy atom. The zero-order valence-corrected chi connectivity index (χ0v) is 24.9. The molecule has 1 aromatic carbocycles. The number of hydrogen-bond acceptors (Lipinski definition) is 4. The molecule has 37 heavy (non-hydrogen) atoms. The summed E-state index contributed by atoms with van der Waals surface area (Å²) in [6.07, 6.45) is 3.90. The maximum atomic E-state index is 14.3. The summed E-state index contributed by atoms with van der Waals surface area (Å²) in [5.41, 5.74) is 2.06. The zero-order chi connectivity index (χ0) is 28.3. The van der Waals surface area contributed by atoms with Crippen LogP contribution in [-0.4, -0.2) is 47.0 Å². The van der Waals surface area contributed by atoms with E-state index in [1.54, 1.807) is 25.7 Å². The summed E-state index contributed by atoms with van der Waals surface area (Å²) >= 11 is 0. The SMILES string of the molecule is CCCCCCN(C(=O)C(NC(=O)OC(C)(C)C)C(C)CC)C(C(=O)NC(C)C)c1c(C)cccc1C. The normalized spacial score (nSPS) is 14.0. The van der Waals surface area contributed by atoms with Gasteiger partial charge < -0.3 is 20.3 Å². The van der Waals surface area contributed by atoms with E-state index in [-0.39, 0.29) is 23.8 Å². The van der Waals surface area contributed by atoms with E-state index in [1.165, 1.54) is 0 Å². The molecule has 7 heteroatoms. The van der Waals surface area contributed by atoms with Crippen molar-refractivity contribution in [2.45, 2.75) is 125 Å². The van der Waals surface area contributed by atoms with E-state index in [0.717, 1.165) is 42.4 Å². The van der Waals surface area contributed by atoms with Crippen LogP contribution in [0.25, 0.3) is 0 Å². The number of unbranched alkanes of at least 4 members (excludes halogenated alkanes) is 3. The molecule has 0 bridgehead atoms. The van der Waals surface area contributed by atoms with Crippen LogP contribution in [-0.2, 0) is 14.3 Å². The van der Waals surface area contributed by atoms with E-state index >= 15 is 0 Å². The molecule has 0 saturated heterocycles. The molecule has 2 N–H and O–H groups in total. The molecule has 1 aromatic rings. The van der Waals surface area contributed by atoms with Crippen molar-refractivity contribution in [2.24, 2.45) is 5.92 Å². The Bertz CT molecular complexity index is 871. The molecule has 0 aromatic heterocycles. The molecule has 210 valence electrons. The zero-order valence-electron chi connectivity index (χ0n) is 24.9. The summed E-state index contributed by atoms with van der Waals surface area (Å²) in [6, 6.07) is 4.22. The summed E-state index contributed by atoms with van der Waals surface area (Å²) in [6.45, 7) is 19.6. The van der Waals surface area contributed by atoms with E-state index in [0.29, 0.717) is 13.0 Å². The van der Waals surface area contributed by atoms with Crippen LogP contribution < -0.4 is 10.6 Å². The number of aryl methyl sites for hydroxylation is 2. The lowest BCUT2D eigenvalue weighted by Gasteiger charge is -2.37. The second-order valence-corrected chi connectivity index (χ2v) is 11.5. The Morgan fingerprint density at radius 3 is 2.03 bits per heavy atom. The highest BCUT2D eigenvalue weighted by molar-refractivity contribution is 5.92. The molecular formula is C30H51N3O4. The molecule has 0 aliphatic rings. The standard InChI is InChI=1S/C30H51N3O4/c1-11-13-14-15-19-33(28(35)25(21(5)12-2)32-29(36)37-30(8,9)10)26(27(34)31-20(3)4)24-22(6)17-16-18-23(24)7/h16-18,20-21,25-26H,11-15,19H2,1-10H3,(H,31,34)(H,32,36). The predicted molar refractivity (Wildman–Crippen MR) is 150 cm³/mol. The van der Waals surface area contributed by atoms with Gasteiger partial charge in [-0.1, -0.05) is 64.7 Å². The van der Waals surface area contributed by atoms with Crippen molar-refractivity contribution in [1.29, 1.82) is 0 Å². The molecule has 0 spiro atoms. The van der Waals surface area contributed by atoms with Crippen LogP contribution in [0.2, 0.25) is 0 Å². The first kappa shape index (κ1) is 32.5. The Labute approximate surface area is 225 Å². The molecular weight excluding hydrogens is 466 g/mol. The van der Waals surface area contributed by atoms with Crippen LogP contribution in [0.3, 0.4) is 0 Å². The van der Waals surface area contributed by atoms with E-state index in [4.69, 9.17) is 4.74 Å². The molecule has 0 fully saturated rings. The number of hydrogen-bond donors (Lipinski definition) is 2. The van der Waals surface area contributed by atoms with Crippen molar-refractivity contribution in [3.05, 3.63) is 34.9 Å². The van der Waals surface area contributed by atoms with Crippen molar-refractivity contribution >= 4 is 17.9 Å². The highest BCUT2D eigenvalue weighted by Crippen LogP contribution is 2.30. The average Bonchev–Trinajstić information content (AvgIpc) is 2.78. The van der Waals surface area contributed by atoms with Crippen molar-refractivity contribution in [1.82, 2.24) is 15.5 Å². The Morgan fingerprint density at radius 1 is 0.946 bits per heavy atom. The van der Waals surface area contributed by atoms with Gasteiger partial charge in [-0.05, 0) is 77.5 Å². The number of nitrogens with one attached hydrogen (secondary N) is 2. The lowest BCUT2D eigenvalue weighted by Crippen LogP contribution is -2.56. The molecule has 0 saturated carbocycles. The summed E-state index contributed by atoms with van der Waals surface area (Å²) in [7, 11) is 0. The van der Waals surface area contributed by atoms with Gasteiger partial charge in [0.25, 0.3) is 0 Å². The highest BCUT2D eigenvalue weighted by Gasteiger charge is 2.39. The Hall–Kier alpha value is -2.57. The van der Waals surface area contributed by atoms with Gasteiger partial charge in [0.2, 0.25) is 11.8 Å². The van der Waals surface area contributed by atoms with Crippen molar-refractivity contribution < 1.29 is 19.1 Å². The number of alkyl carbamates (subject to hydrolysis) is 1. The van der Waals surface area contributed by atoms with Gasteiger partial charge >= 0.3 is 6.09 Å². The maximum absolute atomic E-state index is 14.3. The molecule has 7 nitrogen and oxygen atoms in total. The summed E-state index contributed by atoms with van der Waals surface area (Å²) in [4.78, 5) is 42.5. The van der Waals surface area contributed by atoms with E-state index < -0.39 is 23.8 Å². The van der Waals surface area contributed by atoms with Crippen LogP contribution >= 0.6 is 0 Å². The smallest absolute Gasteiger partial charge is 0.408 e. The fourth-order valence-corrected chi connectivity index (χ4v) is 4.42. The van der Waals surface area contributed by atoms with Crippen LogP contribution in [0.15, 0.2) is 18.2 Å². The van der Waals surface area contributed by atoms with Crippen LogP contribution in [0.4, 0.5) is 4.79 Å². The number of nitrogens with zero attached hydrogens (tertiary/aromatic N) is 1. The van der Waals surface area contributed by atoms with Crippen molar-refractivity contribution in [3.8, 4) is 0 Å². The number of rotatable bonds is 13. The predicted octanol–water partition coefficient (Wildman–Crippen LogP) is 6.22. The number of ether oxygens (including phenoxy) is 1. The minimum absolute atomic E-state index is 0.0818. The van der Waals surface area contributed by atoms with Gasteiger partial charge in [0.15, 0.2) is 0 Å². The summed E-state index contributed by atoms with van der Waals surface area (Å²) < 4.78 is 5.49. The molecule has 1 rings (SSSR count). The van der Waals surface area contributed by atoms with Crippen LogP contribution in [0.5, 0.6) is 0 Å². The highest BCUT2D eigenvalue weighted by atomic mass is 16.6. The lowest BCUT2D eigenvalue weighted by atomic mass is 9.91. The minimum Gasteiger partial charge on any atom is -0.444 e.